The quantitative estimate of drug-likeness (QED) is 0.425. The van der Waals surface area contributed by atoms with Crippen molar-refractivity contribution in [2.24, 2.45) is 0 Å². The fourth-order valence-electron chi connectivity index (χ4n) is 4.09. The molecule has 0 unspecified atom stereocenters. The molecule has 4 heterocycles. The van der Waals surface area contributed by atoms with Gasteiger partial charge in [0.2, 0.25) is 0 Å². The lowest BCUT2D eigenvalue weighted by Gasteiger charge is -2.24. The lowest BCUT2D eigenvalue weighted by Crippen LogP contribution is -2.39. The molecule has 3 aromatic rings. The number of amides is 3. The van der Waals surface area contributed by atoms with Crippen molar-refractivity contribution in [3.63, 3.8) is 0 Å². The van der Waals surface area contributed by atoms with E-state index in [9.17, 15) is 9.59 Å². The Kier molecular flexibility index (Phi) is 5.81. The molecule has 5 rings (SSSR count). The Labute approximate surface area is 200 Å². The number of nitrogens with zero attached hydrogens (tertiary/aromatic N) is 3. The Morgan fingerprint density at radius 3 is 2.94 bits per heavy atom. The first kappa shape index (κ1) is 21.8. The maximum atomic E-state index is 13.1. The summed E-state index contributed by atoms with van der Waals surface area (Å²) in [6.45, 7) is 0.809. The molecule has 0 saturated heterocycles. The van der Waals surface area contributed by atoms with Crippen LogP contribution in [0.25, 0.3) is 11.3 Å². The van der Waals surface area contributed by atoms with E-state index < -0.39 is 0 Å². The van der Waals surface area contributed by atoms with Crippen molar-refractivity contribution in [1.29, 1.82) is 0 Å². The van der Waals surface area contributed by atoms with Crippen LogP contribution in [0.3, 0.4) is 0 Å². The van der Waals surface area contributed by atoms with E-state index >= 15 is 0 Å². The van der Waals surface area contributed by atoms with Crippen LogP contribution in [0, 0.1) is 0 Å². The normalized spacial score (nSPS) is 18.1. The number of rotatable bonds is 3. The number of methoxy groups -OCH3 is 1. The summed E-state index contributed by atoms with van der Waals surface area (Å²) >= 11 is 6.33. The molecular formula is C23H22ClN7O3. The molecule has 10 nitrogen and oxygen atoms in total. The van der Waals surface area contributed by atoms with Crippen LogP contribution in [0.4, 0.5) is 21.9 Å². The monoisotopic (exact) mass is 479 g/mol. The number of hydrogen-bond donors (Lipinski definition) is 4. The number of hydrogen-bond acceptors (Lipinski definition) is 6. The summed E-state index contributed by atoms with van der Waals surface area (Å²) in [5.74, 6) is 0.184. The standard InChI is InChI=1S/C23H22ClN7O3/c1-34-21-15(24)6-4-7-16(21)28-19-18-14-8-10-25-12-17(14)29-23(33)26-9-3-2-5-13-11-27-22(32)20(19)31(13)30-18/h2-4,6-8,10,12-13,28H,5,9,11H2,1H3,(H,27,32)(H2,26,29,33)/b3-2-/t13-/m1/s1. The third-order valence-corrected chi connectivity index (χ3v) is 5.98. The van der Waals surface area contributed by atoms with E-state index in [0.29, 0.717) is 64.3 Å². The molecule has 0 radical (unpaired) electrons. The third kappa shape index (κ3) is 3.92. The van der Waals surface area contributed by atoms with Crippen LogP contribution in [0.1, 0.15) is 23.0 Å². The molecule has 4 N–H and O–H groups in total. The van der Waals surface area contributed by atoms with Crippen LogP contribution in [0.2, 0.25) is 5.02 Å². The Morgan fingerprint density at radius 2 is 2.09 bits per heavy atom. The summed E-state index contributed by atoms with van der Waals surface area (Å²) in [6.07, 6.45) is 7.62. The largest absolute Gasteiger partial charge is 0.493 e. The number of urea groups is 1. The van der Waals surface area contributed by atoms with Gasteiger partial charge in [-0.2, -0.15) is 5.10 Å². The second-order valence-corrected chi connectivity index (χ2v) is 8.20. The number of anilines is 3. The molecule has 0 spiro atoms. The molecule has 3 amide bonds. The van der Waals surface area contributed by atoms with Crippen molar-refractivity contribution < 1.29 is 14.3 Å². The fourth-order valence-corrected chi connectivity index (χ4v) is 4.34. The molecule has 2 aliphatic heterocycles. The van der Waals surface area contributed by atoms with E-state index in [1.165, 1.54) is 7.11 Å². The number of pyridine rings is 1. The number of allylic oxidation sites excluding steroid dienone is 1. The molecule has 2 aromatic heterocycles. The minimum absolute atomic E-state index is 0.103. The van der Waals surface area contributed by atoms with Crippen LogP contribution in [-0.4, -0.2) is 46.9 Å². The molecule has 11 heteroatoms. The number of carbonyl (C=O) groups is 2. The first-order chi connectivity index (χ1) is 16.6. The van der Waals surface area contributed by atoms with Gasteiger partial charge in [-0.3, -0.25) is 14.5 Å². The fraction of sp³-hybridized carbons (Fsp3) is 0.217. The van der Waals surface area contributed by atoms with Crippen LogP contribution in [0.15, 0.2) is 48.8 Å². The maximum Gasteiger partial charge on any atom is 0.319 e. The third-order valence-electron chi connectivity index (χ3n) is 5.68. The van der Waals surface area contributed by atoms with Gasteiger partial charge in [0.25, 0.3) is 5.91 Å². The average molecular weight is 480 g/mol. The molecular weight excluding hydrogens is 458 g/mol. The highest BCUT2D eigenvalue weighted by atomic mass is 35.5. The van der Waals surface area contributed by atoms with Crippen molar-refractivity contribution in [2.75, 3.05) is 30.8 Å². The Balaban J connectivity index is 1.74. The lowest BCUT2D eigenvalue weighted by atomic mass is 10.1. The van der Waals surface area contributed by atoms with Crippen molar-refractivity contribution >= 4 is 40.6 Å². The molecule has 1 atom stereocenters. The number of carbonyl (C=O) groups excluding carboxylic acids is 2. The van der Waals surface area contributed by atoms with Crippen LogP contribution in [0.5, 0.6) is 5.75 Å². The summed E-state index contributed by atoms with van der Waals surface area (Å²) in [7, 11) is 1.53. The zero-order chi connectivity index (χ0) is 23.7. The smallest absolute Gasteiger partial charge is 0.319 e. The van der Waals surface area contributed by atoms with Crippen molar-refractivity contribution in [3.8, 4) is 17.0 Å². The zero-order valence-corrected chi connectivity index (χ0v) is 19.0. The minimum atomic E-state index is -0.370. The van der Waals surface area contributed by atoms with Gasteiger partial charge in [0.05, 0.1) is 41.4 Å². The summed E-state index contributed by atoms with van der Waals surface area (Å²) < 4.78 is 7.24. The number of halogens is 1. The molecule has 0 fully saturated rings. The van der Waals surface area contributed by atoms with Crippen LogP contribution in [-0.2, 0) is 0 Å². The van der Waals surface area contributed by atoms with Crippen LogP contribution >= 0.6 is 11.6 Å². The molecule has 174 valence electrons. The van der Waals surface area contributed by atoms with E-state index in [-0.39, 0.29) is 18.0 Å². The predicted octanol–water partition coefficient (Wildman–Crippen LogP) is 3.72. The number of aromatic nitrogens is 3. The Morgan fingerprint density at radius 1 is 1.21 bits per heavy atom. The maximum absolute atomic E-state index is 13.1. The van der Waals surface area contributed by atoms with E-state index in [1.54, 1.807) is 41.3 Å². The van der Waals surface area contributed by atoms with Gasteiger partial charge in [-0.25, -0.2) is 4.79 Å². The van der Waals surface area contributed by atoms with Crippen molar-refractivity contribution in [2.45, 2.75) is 12.5 Å². The summed E-state index contributed by atoms with van der Waals surface area (Å²) in [5.41, 5.74) is 2.97. The minimum Gasteiger partial charge on any atom is -0.493 e. The predicted molar refractivity (Wildman–Crippen MR) is 129 cm³/mol. The topological polar surface area (TPSA) is 122 Å². The van der Waals surface area contributed by atoms with E-state index in [0.717, 1.165) is 0 Å². The second-order valence-electron chi connectivity index (χ2n) is 7.79. The number of benzene rings is 1. The highest BCUT2D eigenvalue weighted by Gasteiger charge is 2.33. The van der Waals surface area contributed by atoms with E-state index in [2.05, 4.69) is 26.3 Å². The molecule has 0 saturated carbocycles. The van der Waals surface area contributed by atoms with Gasteiger partial charge in [0.1, 0.15) is 5.69 Å². The van der Waals surface area contributed by atoms with Gasteiger partial charge in [-0.15, -0.1) is 0 Å². The SMILES string of the molecule is COc1c(Cl)cccc1Nc1c2nn3c1C(=O)NC[C@H]3C/C=C\CNC(=O)Nc1cnccc1-2. The second kappa shape index (κ2) is 9.06. The average Bonchev–Trinajstić information content (AvgIpc) is 3.20. The summed E-state index contributed by atoms with van der Waals surface area (Å²) in [5, 5.41) is 17.2. The molecule has 34 heavy (non-hydrogen) atoms. The number of nitrogens with one attached hydrogen (secondary N) is 4. The van der Waals surface area contributed by atoms with E-state index in [1.807, 2.05) is 12.2 Å². The first-order valence-electron chi connectivity index (χ1n) is 10.7. The Bertz CT molecular complexity index is 1300. The number of fused-ring (bicyclic) bond motifs is 3. The Hall–Kier alpha value is -4.05. The molecule has 2 bridgehead atoms. The number of ether oxygens (including phenoxy) is 1. The van der Waals surface area contributed by atoms with Crippen molar-refractivity contribution in [3.05, 3.63) is 59.5 Å². The summed E-state index contributed by atoms with van der Waals surface area (Å²) in [6, 6.07) is 6.58. The van der Waals surface area contributed by atoms with Gasteiger partial charge in [-0.05, 0) is 24.6 Å². The zero-order valence-electron chi connectivity index (χ0n) is 18.3. The lowest BCUT2D eigenvalue weighted by molar-refractivity contribution is 0.0911. The first-order valence-corrected chi connectivity index (χ1v) is 11.1. The van der Waals surface area contributed by atoms with Gasteiger partial charge in [0, 0.05) is 24.8 Å². The van der Waals surface area contributed by atoms with Gasteiger partial charge in [0.15, 0.2) is 11.4 Å². The summed E-state index contributed by atoms with van der Waals surface area (Å²) in [4.78, 5) is 29.7. The number of para-hydroxylation sites is 1. The van der Waals surface area contributed by atoms with Gasteiger partial charge in [-0.1, -0.05) is 29.8 Å². The molecule has 0 aliphatic carbocycles. The molecule has 1 aromatic carbocycles. The molecule has 2 aliphatic rings. The van der Waals surface area contributed by atoms with Crippen molar-refractivity contribution in [1.82, 2.24) is 25.4 Å². The van der Waals surface area contributed by atoms with Gasteiger partial charge >= 0.3 is 6.03 Å². The van der Waals surface area contributed by atoms with Crippen LogP contribution < -0.4 is 26.0 Å². The van der Waals surface area contributed by atoms with E-state index in [4.69, 9.17) is 21.4 Å². The van der Waals surface area contributed by atoms with Gasteiger partial charge < -0.3 is 26.0 Å². The highest BCUT2D eigenvalue weighted by Crippen LogP contribution is 2.42. The highest BCUT2D eigenvalue weighted by molar-refractivity contribution is 6.32.